The molecule has 0 heterocycles. The summed E-state index contributed by atoms with van der Waals surface area (Å²) in [4.78, 5) is 0.0789. The second-order valence-corrected chi connectivity index (χ2v) is 7.72. The fraction of sp³-hybridized carbons (Fsp3) is 0.235. The summed E-state index contributed by atoms with van der Waals surface area (Å²) in [5.74, 6) is 0. The van der Waals surface area contributed by atoms with Crippen molar-refractivity contribution in [3.63, 3.8) is 0 Å². The van der Waals surface area contributed by atoms with E-state index >= 15 is 0 Å². The molecule has 0 saturated carbocycles. The Hall–Kier alpha value is -2.32. The first kappa shape index (κ1) is 16.1. The molecule has 1 N–H and O–H groups in total. The van der Waals surface area contributed by atoms with Crippen molar-refractivity contribution in [2.75, 3.05) is 4.72 Å². The molecule has 5 heteroatoms. The summed E-state index contributed by atoms with van der Waals surface area (Å²) in [6.07, 6.45) is 0. The number of nitrogens with zero attached hydrogens (tertiary/aromatic N) is 1. The van der Waals surface area contributed by atoms with Crippen molar-refractivity contribution in [2.24, 2.45) is 0 Å². The molecular formula is C17H18N2O2S. The van der Waals surface area contributed by atoms with Crippen LogP contribution in [-0.4, -0.2) is 8.42 Å². The van der Waals surface area contributed by atoms with E-state index in [2.05, 4.69) is 4.72 Å². The molecule has 4 nitrogen and oxygen atoms in total. The second kappa shape index (κ2) is 5.82. The van der Waals surface area contributed by atoms with Gasteiger partial charge in [-0.05, 0) is 35.2 Å². The molecule has 0 aliphatic rings. The number of para-hydroxylation sites is 1. The van der Waals surface area contributed by atoms with Gasteiger partial charge in [-0.25, -0.2) is 8.42 Å². The van der Waals surface area contributed by atoms with Crippen LogP contribution in [0.1, 0.15) is 31.9 Å². The van der Waals surface area contributed by atoms with Crippen LogP contribution in [0.4, 0.5) is 5.69 Å². The smallest absolute Gasteiger partial charge is 0.261 e. The average molecular weight is 314 g/mol. The van der Waals surface area contributed by atoms with Gasteiger partial charge in [0.15, 0.2) is 0 Å². The molecule has 0 bridgehead atoms. The van der Waals surface area contributed by atoms with Crippen LogP contribution in [0, 0.1) is 11.3 Å². The van der Waals surface area contributed by atoms with Gasteiger partial charge in [0.2, 0.25) is 0 Å². The molecule has 0 aliphatic heterocycles. The molecule has 0 fully saturated rings. The van der Waals surface area contributed by atoms with Gasteiger partial charge in [0.05, 0.1) is 22.2 Å². The van der Waals surface area contributed by atoms with Crippen molar-refractivity contribution in [1.82, 2.24) is 0 Å². The van der Waals surface area contributed by atoms with Crippen molar-refractivity contribution in [3.05, 3.63) is 59.7 Å². The van der Waals surface area contributed by atoms with Crippen molar-refractivity contribution in [3.8, 4) is 6.07 Å². The summed E-state index contributed by atoms with van der Waals surface area (Å²) < 4.78 is 27.7. The molecule has 0 spiro atoms. The third-order valence-electron chi connectivity index (χ3n) is 3.25. The van der Waals surface area contributed by atoms with Gasteiger partial charge in [-0.2, -0.15) is 5.26 Å². The number of anilines is 1. The Morgan fingerprint density at radius 3 is 2.36 bits per heavy atom. The maximum Gasteiger partial charge on any atom is 0.261 e. The van der Waals surface area contributed by atoms with Gasteiger partial charge in [-0.3, -0.25) is 4.72 Å². The number of sulfonamides is 1. The number of rotatable bonds is 3. The van der Waals surface area contributed by atoms with Crippen molar-refractivity contribution in [2.45, 2.75) is 31.1 Å². The Kier molecular flexibility index (Phi) is 4.25. The largest absolute Gasteiger partial charge is 0.279 e. The maximum atomic E-state index is 12.5. The molecule has 0 radical (unpaired) electrons. The van der Waals surface area contributed by atoms with Crippen LogP contribution in [0.25, 0.3) is 0 Å². The van der Waals surface area contributed by atoms with Gasteiger partial charge in [0.25, 0.3) is 10.0 Å². The summed E-state index contributed by atoms with van der Waals surface area (Å²) >= 11 is 0. The second-order valence-electron chi connectivity index (χ2n) is 6.04. The van der Waals surface area contributed by atoms with E-state index in [1.54, 1.807) is 24.3 Å². The first-order chi connectivity index (χ1) is 10.2. The van der Waals surface area contributed by atoms with E-state index in [0.29, 0.717) is 11.3 Å². The molecular weight excluding hydrogens is 296 g/mol. The lowest BCUT2D eigenvalue weighted by molar-refractivity contribution is 0.590. The highest BCUT2D eigenvalue weighted by Gasteiger charge is 2.21. The summed E-state index contributed by atoms with van der Waals surface area (Å²) in [6.45, 7) is 6.07. The van der Waals surface area contributed by atoms with Crippen molar-refractivity contribution >= 4 is 15.7 Å². The predicted octanol–water partition coefficient (Wildman–Crippen LogP) is 3.66. The SMILES string of the molecule is CC(C)(C)c1ccccc1NS(=O)(=O)c1cccc(C#N)c1. The van der Waals surface area contributed by atoms with Crippen molar-refractivity contribution in [1.29, 1.82) is 5.26 Å². The highest BCUT2D eigenvalue weighted by atomic mass is 32.2. The molecule has 0 saturated heterocycles. The van der Waals surface area contributed by atoms with Crippen LogP contribution in [-0.2, 0) is 15.4 Å². The van der Waals surface area contributed by atoms with E-state index in [1.807, 2.05) is 39.0 Å². The van der Waals surface area contributed by atoms with Crippen LogP contribution in [0.2, 0.25) is 0 Å². The van der Waals surface area contributed by atoms with Gasteiger partial charge < -0.3 is 0 Å². The molecule has 2 aromatic rings. The highest BCUT2D eigenvalue weighted by molar-refractivity contribution is 7.92. The fourth-order valence-corrected chi connectivity index (χ4v) is 3.29. The normalized spacial score (nSPS) is 11.7. The van der Waals surface area contributed by atoms with Crippen LogP contribution < -0.4 is 4.72 Å². The molecule has 0 unspecified atom stereocenters. The van der Waals surface area contributed by atoms with Gasteiger partial charge in [0.1, 0.15) is 0 Å². The fourth-order valence-electron chi connectivity index (χ4n) is 2.16. The first-order valence-corrected chi connectivity index (χ1v) is 8.35. The minimum Gasteiger partial charge on any atom is -0.279 e. The molecule has 22 heavy (non-hydrogen) atoms. The quantitative estimate of drug-likeness (QED) is 0.940. The zero-order valence-corrected chi connectivity index (χ0v) is 13.6. The third-order valence-corrected chi connectivity index (χ3v) is 4.62. The topological polar surface area (TPSA) is 70.0 Å². The molecule has 0 atom stereocenters. The Balaban J connectivity index is 2.44. The van der Waals surface area contributed by atoms with Crippen LogP contribution in [0.15, 0.2) is 53.4 Å². The Labute approximate surface area is 131 Å². The van der Waals surface area contributed by atoms with Crippen LogP contribution in [0.3, 0.4) is 0 Å². The van der Waals surface area contributed by atoms with Gasteiger partial charge in [-0.15, -0.1) is 0 Å². The third kappa shape index (κ3) is 3.46. The van der Waals surface area contributed by atoms with Crippen LogP contribution in [0.5, 0.6) is 0 Å². The lowest BCUT2D eigenvalue weighted by atomic mass is 9.86. The number of hydrogen-bond donors (Lipinski definition) is 1. The summed E-state index contributed by atoms with van der Waals surface area (Å²) in [6, 6.07) is 15.2. The average Bonchev–Trinajstić information content (AvgIpc) is 2.46. The van der Waals surface area contributed by atoms with E-state index < -0.39 is 10.0 Å². The molecule has 0 aliphatic carbocycles. The lowest BCUT2D eigenvalue weighted by Crippen LogP contribution is -2.19. The van der Waals surface area contributed by atoms with Gasteiger partial charge in [-0.1, -0.05) is 45.0 Å². The predicted molar refractivity (Wildman–Crippen MR) is 87.1 cm³/mol. The minimum atomic E-state index is -3.73. The first-order valence-electron chi connectivity index (χ1n) is 6.86. The lowest BCUT2D eigenvalue weighted by Gasteiger charge is -2.23. The number of nitriles is 1. The Bertz CT molecular complexity index is 828. The summed E-state index contributed by atoms with van der Waals surface area (Å²) in [5, 5.41) is 8.90. The number of nitrogens with one attached hydrogen (secondary N) is 1. The van der Waals surface area contributed by atoms with Gasteiger partial charge >= 0.3 is 0 Å². The number of hydrogen-bond acceptors (Lipinski definition) is 3. The van der Waals surface area contributed by atoms with Crippen LogP contribution >= 0.6 is 0 Å². The zero-order chi connectivity index (χ0) is 16.4. The van der Waals surface area contributed by atoms with Gasteiger partial charge in [0, 0.05) is 0 Å². The number of benzene rings is 2. The van der Waals surface area contributed by atoms with E-state index in [-0.39, 0.29) is 10.3 Å². The molecule has 2 rings (SSSR count). The van der Waals surface area contributed by atoms with E-state index in [4.69, 9.17) is 5.26 Å². The molecule has 2 aromatic carbocycles. The standard InChI is InChI=1S/C17H18N2O2S/c1-17(2,3)15-9-4-5-10-16(15)19-22(20,21)14-8-6-7-13(11-14)12-18/h4-11,19H,1-3H3. The van der Waals surface area contributed by atoms with E-state index in [1.165, 1.54) is 12.1 Å². The molecule has 0 aromatic heterocycles. The van der Waals surface area contributed by atoms with E-state index in [9.17, 15) is 8.42 Å². The molecule has 0 amide bonds. The highest BCUT2D eigenvalue weighted by Crippen LogP contribution is 2.30. The Morgan fingerprint density at radius 1 is 1.05 bits per heavy atom. The Morgan fingerprint density at radius 2 is 1.73 bits per heavy atom. The summed E-state index contributed by atoms with van der Waals surface area (Å²) in [7, 11) is -3.73. The summed E-state index contributed by atoms with van der Waals surface area (Å²) in [5.41, 5.74) is 1.59. The monoisotopic (exact) mass is 314 g/mol. The minimum absolute atomic E-state index is 0.0789. The molecule has 114 valence electrons. The van der Waals surface area contributed by atoms with E-state index in [0.717, 1.165) is 5.56 Å². The van der Waals surface area contributed by atoms with Crippen molar-refractivity contribution < 1.29 is 8.42 Å². The maximum absolute atomic E-state index is 12.5. The zero-order valence-electron chi connectivity index (χ0n) is 12.8.